The maximum Gasteiger partial charge on any atom is 0.263 e. The zero-order valence-electron chi connectivity index (χ0n) is 18.6. The van der Waals surface area contributed by atoms with E-state index in [-0.39, 0.29) is 27.8 Å². The van der Waals surface area contributed by atoms with Gasteiger partial charge in [0.15, 0.2) is 5.11 Å². The number of nitrogens with zero attached hydrogens (tertiary/aromatic N) is 2. The van der Waals surface area contributed by atoms with E-state index < -0.39 is 15.9 Å². The molecule has 10 nitrogen and oxygen atoms in total. The lowest BCUT2D eigenvalue weighted by atomic mass is 10.2. The van der Waals surface area contributed by atoms with Gasteiger partial charge in [0.2, 0.25) is 5.88 Å². The molecule has 34 heavy (non-hydrogen) atoms. The predicted octanol–water partition coefficient (Wildman–Crippen LogP) is 3.20. The van der Waals surface area contributed by atoms with Gasteiger partial charge in [-0.2, -0.15) is 0 Å². The molecule has 0 spiro atoms. The maximum absolute atomic E-state index is 12.6. The molecule has 0 unspecified atom stereocenters. The Hall–Kier alpha value is -3.77. The first-order chi connectivity index (χ1) is 16.2. The van der Waals surface area contributed by atoms with Crippen LogP contribution in [0.15, 0.2) is 65.8 Å². The number of ether oxygens (including phenoxy) is 2. The molecule has 3 rings (SSSR count). The van der Waals surface area contributed by atoms with Crippen LogP contribution in [0.3, 0.4) is 0 Å². The summed E-state index contributed by atoms with van der Waals surface area (Å²) >= 11 is 5.22. The number of carbonyl (C=O) groups excluding carboxylic acids is 1. The average molecular weight is 502 g/mol. The fourth-order valence-corrected chi connectivity index (χ4v) is 3.97. The van der Waals surface area contributed by atoms with Crippen LogP contribution in [0, 0.1) is 0 Å². The summed E-state index contributed by atoms with van der Waals surface area (Å²) in [5, 5.41) is 5.49. The third kappa shape index (κ3) is 6.62. The molecule has 1 heterocycles. The van der Waals surface area contributed by atoms with E-state index in [9.17, 15) is 13.2 Å². The van der Waals surface area contributed by atoms with Crippen LogP contribution in [0.1, 0.15) is 24.2 Å². The minimum atomic E-state index is -3.89. The van der Waals surface area contributed by atoms with Crippen LogP contribution in [-0.2, 0) is 10.0 Å². The van der Waals surface area contributed by atoms with Gasteiger partial charge in [-0.1, -0.05) is 12.1 Å². The van der Waals surface area contributed by atoms with Gasteiger partial charge < -0.3 is 14.8 Å². The molecule has 0 aliphatic carbocycles. The number of aromatic nitrogens is 2. The summed E-state index contributed by atoms with van der Waals surface area (Å²) in [5.41, 5.74) is 0.828. The van der Waals surface area contributed by atoms with Crippen LogP contribution in [-0.4, -0.2) is 42.6 Å². The maximum atomic E-state index is 12.6. The van der Waals surface area contributed by atoms with Crippen LogP contribution >= 0.6 is 12.2 Å². The van der Waals surface area contributed by atoms with Crippen molar-refractivity contribution >= 4 is 44.8 Å². The minimum Gasteiger partial charge on any atom is -0.490 e. The zero-order valence-corrected chi connectivity index (χ0v) is 20.2. The van der Waals surface area contributed by atoms with Crippen LogP contribution in [0.5, 0.6) is 11.6 Å². The molecule has 2 aromatic carbocycles. The van der Waals surface area contributed by atoms with Crippen molar-refractivity contribution in [3.05, 3.63) is 66.5 Å². The first-order valence-corrected chi connectivity index (χ1v) is 11.9. The number of rotatable bonds is 8. The monoisotopic (exact) mass is 501 g/mol. The Balaban J connectivity index is 1.64. The first kappa shape index (κ1) is 24.9. The Morgan fingerprint density at radius 3 is 2.44 bits per heavy atom. The Morgan fingerprint density at radius 1 is 1.06 bits per heavy atom. The number of carbonyl (C=O) groups is 1. The third-order valence-corrected chi connectivity index (χ3v) is 5.81. The van der Waals surface area contributed by atoms with E-state index in [1.165, 1.54) is 43.8 Å². The van der Waals surface area contributed by atoms with Crippen LogP contribution < -0.4 is 24.8 Å². The lowest BCUT2D eigenvalue weighted by Gasteiger charge is -2.15. The quantitative estimate of drug-likeness (QED) is 0.398. The van der Waals surface area contributed by atoms with Gasteiger partial charge in [-0.05, 0) is 62.5 Å². The van der Waals surface area contributed by atoms with E-state index in [4.69, 9.17) is 21.7 Å². The molecule has 1 aromatic heterocycles. The fourth-order valence-electron chi connectivity index (χ4n) is 2.76. The summed E-state index contributed by atoms with van der Waals surface area (Å²) in [6.45, 7) is 3.73. The molecule has 1 amide bonds. The normalized spacial score (nSPS) is 10.9. The summed E-state index contributed by atoms with van der Waals surface area (Å²) in [6, 6.07) is 14.0. The Bertz CT molecular complexity index is 1280. The second-order valence-corrected chi connectivity index (χ2v) is 9.24. The van der Waals surface area contributed by atoms with E-state index in [1.807, 2.05) is 13.8 Å². The predicted molar refractivity (Wildman–Crippen MR) is 132 cm³/mol. The Kier molecular flexibility index (Phi) is 7.97. The largest absolute Gasteiger partial charge is 0.490 e. The van der Waals surface area contributed by atoms with Gasteiger partial charge in [-0.15, -0.1) is 0 Å². The number of hydrogen-bond acceptors (Lipinski definition) is 8. The van der Waals surface area contributed by atoms with Gasteiger partial charge in [-0.3, -0.25) is 14.8 Å². The molecule has 0 bridgehead atoms. The summed E-state index contributed by atoms with van der Waals surface area (Å²) in [7, 11) is -2.48. The van der Waals surface area contributed by atoms with Crippen molar-refractivity contribution in [3.63, 3.8) is 0 Å². The number of methoxy groups -OCH3 is 1. The van der Waals surface area contributed by atoms with E-state index in [2.05, 4.69) is 25.3 Å². The molecular formula is C22H23N5O5S2. The van der Waals surface area contributed by atoms with Gasteiger partial charge in [0.05, 0.1) is 23.7 Å². The third-order valence-electron chi connectivity index (χ3n) is 4.23. The molecule has 3 aromatic rings. The molecule has 0 saturated carbocycles. The van der Waals surface area contributed by atoms with Gasteiger partial charge in [0, 0.05) is 11.8 Å². The first-order valence-electron chi connectivity index (χ1n) is 10.0. The molecule has 3 N–H and O–H groups in total. The topological polar surface area (TPSA) is 132 Å². The highest BCUT2D eigenvalue weighted by Crippen LogP contribution is 2.20. The molecule has 0 radical (unpaired) electrons. The summed E-state index contributed by atoms with van der Waals surface area (Å²) in [6.07, 6.45) is 1.09. The van der Waals surface area contributed by atoms with Crippen molar-refractivity contribution in [2.45, 2.75) is 24.8 Å². The van der Waals surface area contributed by atoms with Crippen molar-refractivity contribution in [3.8, 4) is 11.6 Å². The van der Waals surface area contributed by atoms with Crippen LogP contribution in [0.25, 0.3) is 0 Å². The summed E-state index contributed by atoms with van der Waals surface area (Å²) in [4.78, 5) is 20.3. The summed E-state index contributed by atoms with van der Waals surface area (Å²) < 4.78 is 38.2. The van der Waals surface area contributed by atoms with E-state index in [0.717, 1.165) is 0 Å². The fraction of sp³-hybridized carbons (Fsp3) is 0.182. The number of nitrogens with one attached hydrogen (secondary N) is 3. The second-order valence-electron chi connectivity index (χ2n) is 7.15. The van der Waals surface area contributed by atoms with Crippen molar-refractivity contribution in [2.24, 2.45) is 0 Å². The van der Waals surface area contributed by atoms with Gasteiger partial charge in [0.25, 0.3) is 15.9 Å². The zero-order chi connectivity index (χ0) is 24.7. The number of anilines is 2. The second kappa shape index (κ2) is 10.9. The van der Waals surface area contributed by atoms with E-state index in [0.29, 0.717) is 17.0 Å². The number of thiocarbonyl (C=S) groups is 1. The highest BCUT2D eigenvalue weighted by molar-refractivity contribution is 7.92. The highest BCUT2D eigenvalue weighted by atomic mass is 32.2. The van der Waals surface area contributed by atoms with Crippen molar-refractivity contribution in [1.82, 2.24) is 15.3 Å². The number of amides is 1. The highest BCUT2D eigenvalue weighted by Gasteiger charge is 2.17. The molecule has 0 atom stereocenters. The molecule has 0 fully saturated rings. The van der Waals surface area contributed by atoms with Gasteiger partial charge in [0.1, 0.15) is 17.9 Å². The summed E-state index contributed by atoms with van der Waals surface area (Å²) in [5.74, 6) is 0.305. The van der Waals surface area contributed by atoms with E-state index in [1.54, 1.807) is 24.3 Å². The van der Waals surface area contributed by atoms with Gasteiger partial charge >= 0.3 is 0 Å². The SMILES string of the molecule is COc1cc(NS(=O)(=O)c2ccc(NC(=S)NC(=O)c3ccccc3OC(C)C)cc2)ncn1. The standard InChI is InChI=1S/C22H23N5O5S2/c1-14(2)32-18-7-5-4-6-17(18)21(28)26-22(33)25-15-8-10-16(11-9-15)34(29,30)27-19-12-20(31-3)24-13-23-19/h4-14H,1-3H3,(H,23,24,27)(H2,25,26,28,33). The molecule has 12 heteroatoms. The van der Waals surface area contributed by atoms with Crippen molar-refractivity contribution in [2.75, 3.05) is 17.1 Å². The number of hydrogen-bond donors (Lipinski definition) is 3. The number of sulfonamides is 1. The van der Waals surface area contributed by atoms with Crippen molar-refractivity contribution < 1.29 is 22.7 Å². The number of para-hydroxylation sites is 1. The van der Waals surface area contributed by atoms with E-state index >= 15 is 0 Å². The Morgan fingerprint density at radius 2 is 1.76 bits per heavy atom. The smallest absolute Gasteiger partial charge is 0.263 e. The molecule has 178 valence electrons. The molecule has 0 saturated heterocycles. The number of benzene rings is 2. The van der Waals surface area contributed by atoms with Gasteiger partial charge in [-0.25, -0.2) is 18.4 Å². The molecule has 0 aliphatic heterocycles. The lowest BCUT2D eigenvalue weighted by molar-refractivity contribution is 0.0972. The molecular weight excluding hydrogens is 478 g/mol. The molecule has 0 aliphatic rings. The van der Waals surface area contributed by atoms with Crippen LogP contribution in [0.4, 0.5) is 11.5 Å². The van der Waals surface area contributed by atoms with Crippen LogP contribution in [0.2, 0.25) is 0 Å². The average Bonchev–Trinajstić information content (AvgIpc) is 2.79. The Labute approximate surface area is 202 Å². The minimum absolute atomic E-state index is 0.00495. The van der Waals surface area contributed by atoms with Crippen molar-refractivity contribution in [1.29, 1.82) is 0 Å². The lowest BCUT2D eigenvalue weighted by Crippen LogP contribution is -2.34.